The molecule has 0 atom stereocenters. The van der Waals surface area contributed by atoms with E-state index >= 15 is 0 Å². The van der Waals surface area contributed by atoms with Gasteiger partial charge < -0.3 is 14.9 Å². The molecular formula is C23H27F2N3O5S. The maximum Gasteiger partial charge on any atom is 0.387 e. The van der Waals surface area contributed by atoms with Crippen molar-refractivity contribution in [3.8, 4) is 5.75 Å². The first-order valence-electron chi connectivity index (χ1n) is 10.9. The Morgan fingerprint density at radius 2 is 1.85 bits per heavy atom. The van der Waals surface area contributed by atoms with Crippen molar-refractivity contribution in [1.29, 1.82) is 0 Å². The maximum absolute atomic E-state index is 13.2. The molecule has 34 heavy (non-hydrogen) atoms. The number of nitrogens with one attached hydrogen (secondary N) is 1. The topological polar surface area (TPSA) is 97.3 Å². The lowest BCUT2D eigenvalue weighted by molar-refractivity contribution is -0.120. The quantitative estimate of drug-likeness (QED) is 0.416. The van der Waals surface area contributed by atoms with E-state index in [1.807, 2.05) is 0 Å². The highest BCUT2D eigenvalue weighted by Gasteiger charge is 2.27. The van der Waals surface area contributed by atoms with Crippen molar-refractivity contribution in [1.82, 2.24) is 4.31 Å². The van der Waals surface area contributed by atoms with Crippen LogP contribution in [0.3, 0.4) is 0 Å². The van der Waals surface area contributed by atoms with E-state index in [0.717, 1.165) is 31.9 Å². The van der Waals surface area contributed by atoms with Crippen molar-refractivity contribution in [2.24, 2.45) is 5.16 Å². The fourth-order valence-corrected chi connectivity index (χ4v) is 5.32. The highest BCUT2D eigenvalue weighted by atomic mass is 32.2. The van der Waals surface area contributed by atoms with E-state index in [4.69, 9.17) is 4.84 Å². The molecule has 0 unspecified atom stereocenters. The Hall–Kier alpha value is -3.05. The third kappa shape index (κ3) is 6.97. The molecule has 2 aromatic carbocycles. The normalized spacial score (nSPS) is 15.3. The Labute approximate surface area is 197 Å². The number of nitrogens with zero attached hydrogens (tertiary/aromatic N) is 2. The number of hydrogen-bond acceptors (Lipinski definition) is 6. The van der Waals surface area contributed by atoms with Crippen LogP contribution in [0.1, 0.15) is 36.8 Å². The Bertz CT molecular complexity index is 1120. The summed E-state index contributed by atoms with van der Waals surface area (Å²) in [5, 5.41) is 6.21. The lowest BCUT2D eigenvalue weighted by Gasteiger charge is -2.21. The summed E-state index contributed by atoms with van der Waals surface area (Å²) >= 11 is 0. The number of benzene rings is 2. The molecule has 0 aliphatic carbocycles. The van der Waals surface area contributed by atoms with E-state index in [9.17, 15) is 22.0 Å². The number of anilines is 1. The lowest BCUT2D eigenvalue weighted by Crippen LogP contribution is -2.32. The van der Waals surface area contributed by atoms with Gasteiger partial charge in [-0.25, -0.2) is 8.42 Å². The zero-order valence-corrected chi connectivity index (χ0v) is 19.6. The minimum Gasteiger partial charge on any atom is -0.434 e. The monoisotopic (exact) mass is 495 g/mol. The first kappa shape index (κ1) is 25.6. The first-order valence-corrected chi connectivity index (χ1v) is 12.3. The van der Waals surface area contributed by atoms with Crippen LogP contribution < -0.4 is 10.1 Å². The van der Waals surface area contributed by atoms with Crippen LogP contribution in [-0.4, -0.2) is 51.2 Å². The van der Waals surface area contributed by atoms with Gasteiger partial charge in [0.2, 0.25) is 10.0 Å². The number of carbonyl (C=O) groups is 1. The van der Waals surface area contributed by atoms with Crippen molar-refractivity contribution in [3.05, 3.63) is 53.6 Å². The van der Waals surface area contributed by atoms with E-state index in [2.05, 4.69) is 15.2 Å². The first-order chi connectivity index (χ1) is 16.3. The fraction of sp³-hybridized carbons (Fsp3) is 0.391. The predicted octanol–water partition coefficient (Wildman–Crippen LogP) is 4.15. The number of rotatable bonds is 9. The largest absolute Gasteiger partial charge is 0.434 e. The molecule has 0 spiro atoms. The number of sulfonamides is 1. The molecule has 1 saturated heterocycles. The summed E-state index contributed by atoms with van der Waals surface area (Å²) in [7, 11) is -3.68. The minimum absolute atomic E-state index is 0.0768. The average molecular weight is 496 g/mol. The number of amides is 1. The molecule has 1 fully saturated rings. The molecule has 0 saturated carbocycles. The lowest BCUT2D eigenvalue weighted by atomic mass is 10.2. The van der Waals surface area contributed by atoms with Crippen molar-refractivity contribution >= 4 is 27.8 Å². The van der Waals surface area contributed by atoms with Gasteiger partial charge >= 0.3 is 6.61 Å². The van der Waals surface area contributed by atoms with E-state index < -0.39 is 29.1 Å². The van der Waals surface area contributed by atoms with Crippen molar-refractivity contribution in [2.45, 2.75) is 44.1 Å². The van der Waals surface area contributed by atoms with E-state index in [0.29, 0.717) is 24.3 Å². The molecule has 11 heteroatoms. The standard InChI is InChI=1S/C23H27F2N3O5S/c1-17-10-11-19(14-21(17)34(30,31)28-12-6-2-3-7-13-28)27-22(29)16-32-26-15-18-8-4-5-9-20(18)33-23(24)25/h4-5,8-11,14-15,23H,2-3,6-7,12-13,16H2,1H3,(H,27,29)/b26-15+. The van der Waals surface area contributed by atoms with Crippen LogP contribution in [0.5, 0.6) is 5.75 Å². The summed E-state index contributed by atoms with van der Waals surface area (Å²) in [5.41, 5.74) is 1.16. The summed E-state index contributed by atoms with van der Waals surface area (Å²) in [4.78, 5) is 17.3. The van der Waals surface area contributed by atoms with Crippen LogP contribution in [-0.2, 0) is 19.7 Å². The third-order valence-corrected chi connectivity index (χ3v) is 7.29. The Morgan fingerprint density at radius 1 is 1.15 bits per heavy atom. The molecule has 0 radical (unpaired) electrons. The van der Waals surface area contributed by atoms with Crippen molar-refractivity contribution in [2.75, 3.05) is 25.0 Å². The Balaban J connectivity index is 1.61. The number of oxime groups is 1. The molecule has 0 bridgehead atoms. The van der Waals surface area contributed by atoms with Gasteiger partial charge in [-0.15, -0.1) is 0 Å². The molecule has 1 N–H and O–H groups in total. The molecule has 3 rings (SSSR count). The molecule has 1 aliphatic rings. The van der Waals surface area contributed by atoms with Gasteiger partial charge in [0.15, 0.2) is 6.61 Å². The van der Waals surface area contributed by atoms with E-state index in [1.165, 1.54) is 28.6 Å². The van der Waals surface area contributed by atoms with Gasteiger partial charge in [-0.05, 0) is 49.6 Å². The number of alkyl halides is 2. The second kappa shape index (κ2) is 11.9. The number of carbonyl (C=O) groups excluding carboxylic acids is 1. The fourth-order valence-electron chi connectivity index (χ4n) is 3.55. The summed E-state index contributed by atoms with van der Waals surface area (Å²) < 4.78 is 57.1. The molecule has 184 valence electrons. The molecule has 8 nitrogen and oxygen atoms in total. The highest BCUT2D eigenvalue weighted by molar-refractivity contribution is 7.89. The number of ether oxygens (including phenoxy) is 1. The van der Waals surface area contributed by atoms with E-state index in [1.54, 1.807) is 25.1 Å². The van der Waals surface area contributed by atoms with Crippen LogP contribution in [0.15, 0.2) is 52.5 Å². The maximum atomic E-state index is 13.2. The van der Waals surface area contributed by atoms with Gasteiger partial charge in [0, 0.05) is 24.3 Å². The van der Waals surface area contributed by atoms with Crippen LogP contribution in [0.25, 0.3) is 0 Å². The summed E-state index contributed by atoms with van der Waals surface area (Å²) in [6.07, 6.45) is 4.82. The smallest absolute Gasteiger partial charge is 0.387 e. The molecule has 2 aromatic rings. The van der Waals surface area contributed by atoms with Gasteiger partial charge in [0.05, 0.1) is 11.1 Å². The number of halogens is 2. The summed E-state index contributed by atoms with van der Waals surface area (Å²) in [5.74, 6) is -0.636. The number of aryl methyl sites for hydroxylation is 1. The Morgan fingerprint density at radius 3 is 2.56 bits per heavy atom. The van der Waals surface area contributed by atoms with E-state index in [-0.39, 0.29) is 16.2 Å². The van der Waals surface area contributed by atoms with Gasteiger partial charge in [0.25, 0.3) is 5.91 Å². The van der Waals surface area contributed by atoms with Gasteiger partial charge in [0.1, 0.15) is 5.75 Å². The molecule has 1 aliphatic heterocycles. The second-order valence-corrected chi connectivity index (χ2v) is 9.68. The highest BCUT2D eigenvalue weighted by Crippen LogP contribution is 2.26. The van der Waals surface area contributed by atoms with Gasteiger partial charge in [-0.3, -0.25) is 4.79 Å². The second-order valence-electron chi connectivity index (χ2n) is 7.77. The zero-order valence-electron chi connectivity index (χ0n) is 18.7. The van der Waals surface area contributed by atoms with Gasteiger partial charge in [-0.1, -0.05) is 36.2 Å². The van der Waals surface area contributed by atoms with Crippen LogP contribution in [0.2, 0.25) is 0 Å². The summed E-state index contributed by atoms with van der Waals surface area (Å²) in [6, 6.07) is 10.7. The third-order valence-electron chi connectivity index (χ3n) is 5.25. The zero-order chi connectivity index (χ0) is 24.6. The summed E-state index contributed by atoms with van der Waals surface area (Å²) in [6.45, 7) is -0.769. The minimum atomic E-state index is -3.68. The van der Waals surface area contributed by atoms with Crippen LogP contribution >= 0.6 is 0 Å². The molecule has 1 amide bonds. The van der Waals surface area contributed by atoms with Crippen molar-refractivity contribution in [3.63, 3.8) is 0 Å². The van der Waals surface area contributed by atoms with Crippen LogP contribution in [0.4, 0.5) is 14.5 Å². The van der Waals surface area contributed by atoms with Gasteiger partial charge in [-0.2, -0.15) is 13.1 Å². The predicted molar refractivity (Wildman–Crippen MR) is 124 cm³/mol. The number of hydrogen-bond donors (Lipinski definition) is 1. The van der Waals surface area contributed by atoms with Crippen LogP contribution in [0, 0.1) is 6.92 Å². The molecule has 0 aromatic heterocycles. The Kier molecular flexibility index (Phi) is 8.94. The average Bonchev–Trinajstić information content (AvgIpc) is 3.09. The number of para-hydroxylation sites is 1. The molecule has 1 heterocycles. The van der Waals surface area contributed by atoms with Crippen molar-refractivity contribution < 1.29 is 31.6 Å². The molecular weight excluding hydrogens is 468 g/mol. The SMILES string of the molecule is Cc1ccc(NC(=O)CO/N=C/c2ccccc2OC(F)F)cc1S(=O)(=O)N1CCCCCC1.